The fourth-order valence-corrected chi connectivity index (χ4v) is 4.51. The second kappa shape index (κ2) is 5.49. The number of hydrogen-bond donors (Lipinski definition) is 1. The minimum absolute atomic E-state index is 0.130. The lowest BCUT2D eigenvalue weighted by Gasteiger charge is -2.42. The average Bonchev–Trinajstić information content (AvgIpc) is 2.90. The Morgan fingerprint density at radius 3 is 2.67 bits per heavy atom. The van der Waals surface area contributed by atoms with Crippen molar-refractivity contribution in [1.29, 1.82) is 0 Å². The van der Waals surface area contributed by atoms with Crippen molar-refractivity contribution in [3.05, 3.63) is 0 Å². The number of ether oxygens (including phenoxy) is 1. The van der Waals surface area contributed by atoms with Crippen molar-refractivity contribution in [3.8, 4) is 0 Å². The first-order valence-electron chi connectivity index (χ1n) is 7.46. The summed E-state index contributed by atoms with van der Waals surface area (Å²) in [4.78, 5) is 14.8. The monoisotopic (exact) mass is 317 g/mol. The van der Waals surface area contributed by atoms with Crippen molar-refractivity contribution in [2.24, 2.45) is 11.3 Å². The Balaban J connectivity index is 1.69. The molecule has 0 radical (unpaired) electrons. The number of amides is 1. The van der Waals surface area contributed by atoms with Crippen molar-refractivity contribution in [1.82, 2.24) is 14.5 Å². The minimum atomic E-state index is -3.16. The van der Waals surface area contributed by atoms with E-state index in [0.29, 0.717) is 45.2 Å². The molecule has 0 aromatic heterocycles. The molecule has 0 aromatic carbocycles. The molecular formula is C13H23N3O4S. The highest BCUT2D eigenvalue weighted by molar-refractivity contribution is 7.88. The maximum atomic E-state index is 13.0. The van der Waals surface area contributed by atoms with Crippen LogP contribution >= 0.6 is 0 Å². The Morgan fingerprint density at radius 1 is 1.29 bits per heavy atom. The van der Waals surface area contributed by atoms with Crippen LogP contribution in [0, 0.1) is 11.3 Å². The van der Waals surface area contributed by atoms with Crippen molar-refractivity contribution < 1.29 is 17.9 Å². The maximum Gasteiger partial charge on any atom is 0.232 e. The van der Waals surface area contributed by atoms with E-state index in [-0.39, 0.29) is 5.91 Å². The first-order chi connectivity index (χ1) is 9.93. The number of nitrogens with one attached hydrogen (secondary N) is 1. The molecule has 0 aromatic rings. The van der Waals surface area contributed by atoms with E-state index >= 15 is 0 Å². The van der Waals surface area contributed by atoms with E-state index in [1.807, 2.05) is 4.90 Å². The molecule has 1 amide bonds. The second-order valence-corrected chi connectivity index (χ2v) is 8.26. The summed E-state index contributed by atoms with van der Waals surface area (Å²) in [6, 6.07) is 0. The standard InChI is InChI=1S/C13H23N3O4S/c1-21(18,19)16-5-3-15(4-6-16)12(17)13-9-14-8-11(13)2-7-20-10-13/h11,14H,2-10H2,1H3/t11-,13+/m1/s1. The zero-order valence-corrected chi connectivity index (χ0v) is 13.2. The topological polar surface area (TPSA) is 79.0 Å². The molecule has 0 bridgehead atoms. The molecule has 3 fully saturated rings. The van der Waals surface area contributed by atoms with Gasteiger partial charge in [-0.2, -0.15) is 4.31 Å². The largest absolute Gasteiger partial charge is 0.380 e. The lowest BCUT2D eigenvalue weighted by molar-refractivity contribution is -0.153. The summed E-state index contributed by atoms with van der Waals surface area (Å²) in [5.74, 6) is 0.469. The van der Waals surface area contributed by atoms with Gasteiger partial charge in [0.1, 0.15) is 0 Å². The molecule has 0 spiro atoms. The van der Waals surface area contributed by atoms with Crippen LogP contribution in [-0.2, 0) is 19.6 Å². The van der Waals surface area contributed by atoms with E-state index in [4.69, 9.17) is 4.74 Å². The molecule has 21 heavy (non-hydrogen) atoms. The molecule has 0 unspecified atom stereocenters. The maximum absolute atomic E-state index is 13.0. The lowest BCUT2D eigenvalue weighted by Crippen LogP contribution is -2.58. The van der Waals surface area contributed by atoms with Gasteiger partial charge in [0, 0.05) is 39.3 Å². The first-order valence-corrected chi connectivity index (χ1v) is 9.31. The van der Waals surface area contributed by atoms with Gasteiger partial charge in [0.25, 0.3) is 0 Å². The third-order valence-electron chi connectivity index (χ3n) is 5.00. The second-order valence-electron chi connectivity index (χ2n) is 6.28. The molecule has 0 saturated carbocycles. The smallest absolute Gasteiger partial charge is 0.232 e. The summed E-state index contributed by atoms with van der Waals surface area (Å²) in [5, 5.41) is 3.32. The van der Waals surface area contributed by atoms with Gasteiger partial charge >= 0.3 is 0 Å². The molecule has 3 aliphatic rings. The normalized spacial score (nSPS) is 34.7. The third kappa shape index (κ3) is 2.69. The summed E-state index contributed by atoms with van der Waals surface area (Å²) in [6.07, 6.45) is 2.14. The molecule has 2 atom stereocenters. The van der Waals surface area contributed by atoms with Gasteiger partial charge < -0.3 is 15.0 Å². The van der Waals surface area contributed by atoms with Crippen LogP contribution in [-0.4, -0.2) is 82.3 Å². The molecule has 120 valence electrons. The van der Waals surface area contributed by atoms with Crippen LogP contribution in [0.15, 0.2) is 0 Å². The van der Waals surface area contributed by atoms with E-state index < -0.39 is 15.4 Å². The van der Waals surface area contributed by atoms with Crippen LogP contribution in [0.5, 0.6) is 0 Å². The third-order valence-corrected chi connectivity index (χ3v) is 6.31. The van der Waals surface area contributed by atoms with Crippen LogP contribution in [0.2, 0.25) is 0 Å². The van der Waals surface area contributed by atoms with Gasteiger partial charge in [-0.25, -0.2) is 8.42 Å². The molecule has 3 aliphatic heterocycles. The van der Waals surface area contributed by atoms with Gasteiger partial charge in [-0.05, 0) is 18.9 Å². The number of carbonyl (C=O) groups is 1. The Labute approximate surface area is 125 Å². The van der Waals surface area contributed by atoms with Crippen molar-refractivity contribution >= 4 is 15.9 Å². The predicted octanol–water partition coefficient (Wildman–Crippen LogP) is -1.28. The molecule has 0 aliphatic carbocycles. The van der Waals surface area contributed by atoms with Gasteiger partial charge in [0.05, 0.1) is 18.3 Å². The average molecular weight is 317 g/mol. The number of sulfonamides is 1. The number of rotatable bonds is 2. The van der Waals surface area contributed by atoms with E-state index in [0.717, 1.165) is 19.6 Å². The molecule has 7 nitrogen and oxygen atoms in total. The predicted molar refractivity (Wildman–Crippen MR) is 77.2 cm³/mol. The minimum Gasteiger partial charge on any atom is -0.380 e. The number of fused-ring (bicyclic) bond motifs is 1. The Kier molecular flexibility index (Phi) is 3.98. The Bertz CT molecular complexity index is 516. The van der Waals surface area contributed by atoms with Crippen LogP contribution < -0.4 is 5.32 Å². The highest BCUT2D eigenvalue weighted by Gasteiger charge is 2.52. The zero-order chi connectivity index (χ0) is 15.1. The van der Waals surface area contributed by atoms with Gasteiger partial charge in [-0.1, -0.05) is 0 Å². The van der Waals surface area contributed by atoms with E-state index in [9.17, 15) is 13.2 Å². The summed E-state index contributed by atoms with van der Waals surface area (Å²) < 4.78 is 30.1. The highest BCUT2D eigenvalue weighted by atomic mass is 32.2. The van der Waals surface area contributed by atoms with Crippen LogP contribution in [0.3, 0.4) is 0 Å². The summed E-state index contributed by atoms with van der Waals surface area (Å²) in [7, 11) is -3.16. The molecule has 1 N–H and O–H groups in total. The molecular weight excluding hydrogens is 294 g/mol. The van der Waals surface area contributed by atoms with Gasteiger partial charge in [-0.15, -0.1) is 0 Å². The number of carbonyl (C=O) groups excluding carboxylic acids is 1. The van der Waals surface area contributed by atoms with Crippen molar-refractivity contribution in [2.45, 2.75) is 6.42 Å². The Morgan fingerprint density at radius 2 is 2.00 bits per heavy atom. The van der Waals surface area contributed by atoms with Gasteiger partial charge in [-0.3, -0.25) is 4.79 Å². The summed E-state index contributed by atoms with van der Waals surface area (Å²) in [5.41, 5.74) is -0.439. The fourth-order valence-electron chi connectivity index (χ4n) is 3.69. The number of hydrogen-bond acceptors (Lipinski definition) is 5. The van der Waals surface area contributed by atoms with Crippen LogP contribution in [0.1, 0.15) is 6.42 Å². The fraction of sp³-hybridized carbons (Fsp3) is 0.923. The van der Waals surface area contributed by atoms with Crippen molar-refractivity contribution in [3.63, 3.8) is 0 Å². The van der Waals surface area contributed by atoms with Crippen LogP contribution in [0.25, 0.3) is 0 Å². The highest BCUT2D eigenvalue weighted by Crippen LogP contribution is 2.39. The lowest BCUT2D eigenvalue weighted by atomic mass is 9.74. The quantitative estimate of drug-likeness (QED) is 0.686. The molecule has 3 heterocycles. The summed E-state index contributed by atoms with van der Waals surface area (Å²) in [6.45, 7) is 4.47. The summed E-state index contributed by atoms with van der Waals surface area (Å²) >= 11 is 0. The van der Waals surface area contributed by atoms with E-state index in [1.165, 1.54) is 10.6 Å². The van der Waals surface area contributed by atoms with Gasteiger partial charge in [0.2, 0.25) is 15.9 Å². The number of piperazine rings is 1. The Hall–Kier alpha value is -0.700. The van der Waals surface area contributed by atoms with Gasteiger partial charge in [0.15, 0.2) is 0 Å². The zero-order valence-electron chi connectivity index (χ0n) is 12.4. The first kappa shape index (κ1) is 15.2. The molecule has 8 heteroatoms. The molecule has 3 rings (SSSR count). The van der Waals surface area contributed by atoms with Crippen molar-refractivity contribution in [2.75, 3.05) is 58.7 Å². The molecule has 3 saturated heterocycles. The number of nitrogens with zero attached hydrogens (tertiary/aromatic N) is 2. The SMILES string of the molecule is CS(=O)(=O)N1CCN(C(=O)[C@]23CNC[C@H]2CCOC3)CC1. The van der Waals surface area contributed by atoms with E-state index in [1.54, 1.807) is 0 Å². The van der Waals surface area contributed by atoms with E-state index in [2.05, 4.69) is 5.32 Å². The van der Waals surface area contributed by atoms with Crippen LogP contribution in [0.4, 0.5) is 0 Å².